The fourth-order valence-electron chi connectivity index (χ4n) is 4.66. The Kier molecular flexibility index (Phi) is 6.50. The molecule has 0 aliphatic carbocycles. The van der Waals surface area contributed by atoms with Gasteiger partial charge in [0, 0.05) is 71.9 Å². The Balaban J connectivity index is 1.41. The lowest BCUT2D eigenvalue weighted by Crippen LogP contribution is -2.43. The van der Waals surface area contributed by atoms with E-state index in [2.05, 4.69) is 38.9 Å². The van der Waals surface area contributed by atoms with E-state index in [0.717, 1.165) is 23.1 Å². The van der Waals surface area contributed by atoms with Crippen molar-refractivity contribution in [3.63, 3.8) is 0 Å². The lowest BCUT2D eigenvalue weighted by atomic mass is 9.94. The molecule has 12 heteroatoms. The van der Waals surface area contributed by atoms with E-state index in [4.69, 9.17) is 14.9 Å². The van der Waals surface area contributed by atoms with E-state index in [1.165, 1.54) is 0 Å². The second-order valence-corrected chi connectivity index (χ2v) is 12.6. The van der Waals surface area contributed by atoms with E-state index >= 15 is 0 Å². The van der Waals surface area contributed by atoms with E-state index < -0.39 is 15.3 Å². The summed E-state index contributed by atoms with van der Waals surface area (Å²) in [5, 5.41) is 19.4. The largest absolute Gasteiger partial charge is 0.390 e. The first-order chi connectivity index (χ1) is 17.1. The SMILES string of the molecule is CCC(C)n1nc(N2CCS(=N)(=O)CC2)c2cnc(Nc3ccnc(N4CCC(C)(O)CC4)n3)cc21. The molecule has 0 bridgehead atoms. The highest BCUT2D eigenvalue weighted by molar-refractivity contribution is 7.92. The van der Waals surface area contributed by atoms with Crippen LogP contribution in [0.5, 0.6) is 0 Å². The molecule has 3 N–H and O–H groups in total. The molecule has 5 heterocycles. The monoisotopic (exact) mass is 513 g/mol. The fourth-order valence-corrected chi connectivity index (χ4v) is 5.89. The van der Waals surface area contributed by atoms with E-state index in [1.807, 2.05) is 29.9 Å². The molecule has 194 valence electrons. The van der Waals surface area contributed by atoms with Crippen LogP contribution in [0.2, 0.25) is 0 Å². The minimum absolute atomic E-state index is 0.198. The summed E-state index contributed by atoms with van der Waals surface area (Å²) in [5.41, 5.74) is 0.346. The van der Waals surface area contributed by atoms with E-state index in [1.54, 1.807) is 6.20 Å². The highest BCUT2D eigenvalue weighted by atomic mass is 32.2. The summed E-state index contributed by atoms with van der Waals surface area (Å²) in [4.78, 5) is 18.0. The quantitative estimate of drug-likeness (QED) is 0.454. The number of hydrogen-bond acceptors (Lipinski definition) is 10. The first-order valence-corrected chi connectivity index (χ1v) is 14.5. The number of anilines is 4. The number of nitrogens with one attached hydrogen (secondary N) is 2. The van der Waals surface area contributed by atoms with Gasteiger partial charge in [-0.1, -0.05) is 6.92 Å². The van der Waals surface area contributed by atoms with Crippen LogP contribution in [0.3, 0.4) is 0 Å². The lowest BCUT2D eigenvalue weighted by molar-refractivity contribution is 0.0349. The number of fused-ring (bicyclic) bond motifs is 1. The minimum Gasteiger partial charge on any atom is -0.390 e. The highest BCUT2D eigenvalue weighted by Crippen LogP contribution is 2.32. The van der Waals surface area contributed by atoms with Gasteiger partial charge >= 0.3 is 0 Å². The Labute approximate surface area is 211 Å². The van der Waals surface area contributed by atoms with E-state index in [-0.39, 0.29) is 6.04 Å². The van der Waals surface area contributed by atoms with Crippen LogP contribution in [0, 0.1) is 4.78 Å². The summed E-state index contributed by atoms with van der Waals surface area (Å²) < 4.78 is 22.1. The molecule has 0 spiro atoms. The van der Waals surface area contributed by atoms with Crippen LogP contribution in [-0.4, -0.2) is 77.3 Å². The highest BCUT2D eigenvalue weighted by Gasteiger charge is 2.29. The summed E-state index contributed by atoms with van der Waals surface area (Å²) in [5.74, 6) is 3.52. The van der Waals surface area contributed by atoms with Crippen molar-refractivity contribution in [1.29, 1.82) is 4.78 Å². The molecule has 11 nitrogen and oxygen atoms in total. The van der Waals surface area contributed by atoms with Gasteiger partial charge in [-0.25, -0.2) is 14.2 Å². The van der Waals surface area contributed by atoms with Gasteiger partial charge in [-0.05, 0) is 39.2 Å². The van der Waals surface area contributed by atoms with Gasteiger partial charge in [0.1, 0.15) is 11.6 Å². The molecule has 2 aliphatic rings. The van der Waals surface area contributed by atoms with Crippen molar-refractivity contribution in [3.8, 4) is 0 Å². The Morgan fingerprint density at radius 1 is 1.17 bits per heavy atom. The second kappa shape index (κ2) is 9.47. The number of piperidine rings is 1. The molecular weight excluding hydrogens is 478 g/mol. The topological polar surface area (TPSA) is 136 Å². The molecule has 2 saturated heterocycles. The molecule has 1 unspecified atom stereocenters. The van der Waals surface area contributed by atoms with Crippen LogP contribution in [-0.2, 0) is 9.73 Å². The summed E-state index contributed by atoms with van der Waals surface area (Å²) in [6.45, 7) is 8.70. The van der Waals surface area contributed by atoms with E-state index in [0.29, 0.717) is 68.1 Å². The normalized spacial score (nSPS) is 20.4. The predicted octanol–water partition coefficient (Wildman–Crippen LogP) is 3.15. The molecule has 36 heavy (non-hydrogen) atoms. The van der Waals surface area contributed by atoms with Crippen molar-refractivity contribution in [3.05, 3.63) is 24.5 Å². The lowest BCUT2D eigenvalue weighted by Gasteiger charge is -2.35. The second-order valence-electron chi connectivity index (χ2n) is 10.2. The van der Waals surface area contributed by atoms with Gasteiger partial charge in [0.2, 0.25) is 5.95 Å². The molecule has 2 aliphatic heterocycles. The third-order valence-electron chi connectivity index (χ3n) is 7.28. The number of aromatic nitrogens is 5. The first-order valence-electron chi connectivity index (χ1n) is 12.6. The fraction of sp³-hybridized carbons (Fsp3) is 0.583. The van der Waals surface area contributed by atoms with Crippen LogP contribution < -0.4 is 15.1 Å². The Morgan fingerprint density at radius 2 is 1.89 bits per heavy atom. The number of aliphatic hydroxyl groups is 1. The zero-order valence-electron chi connectivity index (χ0n) is 21.1. The van der Waals surface area contributed by atoms with Crippen LogP contribution in [0.15, 0.2) is 24.5 Å². The van der Waals surface area contributed by atoms with Crippen molar-refractivity contribution in [2.75, 3.05) is 52.8 Å². The Bertz CT molecular complexity index is 1330. The molecule has 0 amide bonds. The van der Waals surface area contributed by atoms with Crippen molar-refractivity contribution in [2.45, 2.75) is 51.7 Å². The number of rotatable bonds is 6. The predicted molar refractivity (Wildman–Crippen MR) is 143 cm³/mol. The summed E-state index contributed by atoms with van der Waals surface area (Å²) in [6, 6.07) is 4.01. The van der Waals surface area contributed by atoms with Crippen LogP contribution in [0.25, 0.3) is 10.9 Å². The van der Waals surface area contributed by atoms with Gasteiger partial charge in [0.15, 0.2) is 5.82 Å². The zero-order chi connectivity index (χ0) is 25.5. The maximum absolute atomic E-state index is 12.1. The van der Waals surface area contributed by atoms with Crippen molar-refractivity contribution < 1.29 is 9.32 Å². The molecule has 0 aromatic carbocycles. The number of hydrogen-bond donors (Lipinski definition) is 3. The molecule has 3 aromatic rings. The molecule has 0 saturated carbocycles. The van der Waals surface area contributed by atoms with E-state index in [9.17, 15) is 9.32 Å². The van der Waals surface area contributed by atoms with Crippen LogP contribution >= 0.6 is 0 Å². The van der Waals surface area contributed by atoms with Gasteiger partial charge < -0.3 is 20.2 Å². The van der Waals surface area contributed by atoms with Crippen LogP contribution in [0.4, 0.5) is 23.4 Å². The van der Waals surface area contributed by atoms with Crippen molar-refractivity contribution in [2.24, 2.45) is 0 Å². The summed E-state index contributed by atoms with van der Waals surface area (Å²) in [6.07, 6.45) is 5.87. The summed E-state index contributed by atoms with van der Waals surface area (Å²) >= 11 is 0. The smallest absolute Gasteiger partial charge is 0.227 e. The molecule has 1 atom stereocenters. The minimum atomic E-state index is -2.48. The maximum atomic E-state index is 12.1. The average molecular weight is 514 g/mol. The molecule has 0 radical (unpaired) electrons. The Hall–Kier alpha value is -2.99. The van der Waals surface area contributed by atoms with Gasteiger partial charge in [-0.3, -0.25) is 9.46 Å². The third-order valence-corrected chi connectivity index (χ3v) is 8.97. The molecule has 3 aromatic heterocycles. The van der Waals surface area contributed by atoms with Gasteiger partial charge in [-0.2, -0.15) is 10.1 Å². The van der Waals surface area contributed by atoms with Gasteiger partial charge in [-0.15, -0.1) is 0 Å². The Morgan fingerprint density at radius 3 is 2.58 bits per heavy atom. The van der Waals surface area contributed by atoms with Crippen molar-refractivity contribution in [1.82, 2.24) is 24.7 Å². The summed E-state index contributed by atoms with van der Waals surface area (Å²) in [7, 11) is -2.48. The van der Waals surface area contributed by atoms with Crippen molar-refractivity contribution >= 4 is 44.0 Å². The molecule has 2 fully saturated rings. The number of pyridine rings is 1. The molecule has 5 rings (SSSR count). The third kappa shape index (κ3) is 5.10. The standard InChI is InChI=1S/C24H35N9O2S/c1-4-17(2)33-19-15-21(27-16-18(19)22(30-33)31-11-13-36(25,35)14-12-31)28-20-5-8-26-23(29-20)32-9-6-24(3,34)7-10-32/h5,8,15-17,25,34H,4,6-7,9-14H2,1-3H3,(H,26,27,28,29). The van der Waals surface area contributed by atoms with Gasteiger partial charge in [0.05, 0.1) is 16.5 Å². The first kappa shape index (κ1) is 24.7. The molecular formula is C24H35N9O2S. The number of nitrogens with zero attached hydrogens (tertiary/aromatic N) is 7. The zero-order valence-corrected chi connectivity index (χ0v) is 22.0. The maximum Gasteiger partial charge on any atom is 0.227 e. The van der Waals surface area contributed by atoms with Gasteiger partial charge in [0.25, 0.3) is 0 Å². The van der Waals surface area contributed by atoms with Crippen LogP contribution in [0.1, 0.15) is 46.1 Å². The average Bonchev–Trinajstić information content (AvgIpc) is 3.22.